The normalized spacial score (nSPS) is 22.6. The molecule has 2 aromatic carbocycles. The van der Waals surface area contributed by atoms with Crippen LogP contribution >= 0.6 is 27.0 Å². The van der Waals surface area contributed by atoms with E-state index in [1.54, 1.807) is 19.9 Å². The van der Waals surface area contributed by atoms with Gasteiger partial charge in [0, 0.05) is 48.5 Å². The number of ketones is 1. The Kier molecular flexibility index (Phi) is 21.8. The van der Waals surface area contributed by atoms with Crippen LogP contribution in [-0.2, 0) is 79.4 Å². The minimum Gasteiger partial charge on any atom is -0.479 e. The number of aliphatic carboxylic acids is 1. The van der Waals surface area contributed by atoms with Crippen LogP contribution in [0, 0.1) is 24.6 Å². The molecule has 458 valence electrons. The first-order valence-electron chi connectivity index (χ1n) is 27.3. The molecule has 1 saturated heterocycles. The molecule has 28 heteroatoms. The molecule has 0 saturated carbocycles. The van der Waals surface area contributed by atoms with Crippen molar-refractivity contribution >= 4 is 79.4 Å². The lowest BCUT2D eigenvalue weighted by molar-refractivity contribution is -0.271. The third-order valence-electron chi connectivity index (χ3n) is 15.3. The number of aromatic nitrogens is 2. The first-order chi connectivity index (χ1) is 39.8. The number of rotatable bonds is 21. The number of hydrogen-bond donors (Lipinski definition) is 9. The third kappa shape index (κ3) is 14.2. The Morgan fingerprint density at radius 2 is 1.69 bits per heavy atom. The first kappa shape index (κ1) is 65.3. The van der Waals surface area contributed by atoms with Crippen LogP contribution in [0.2, 0.25) is 0 Å². The molecule has 3 aliphatic heterocycles. The Hall–Kier alpha value is -7.20. The molecule has 0 spiro atoms. The molecule has 4 aromatic rings. The van der Waals surface area contributed by atoms with Gasteiger partial charge < -0.3 is 79.8 Å². The molecule has 9 N–H and O–H groups in total. The Labute approximate surface area is 499 Å². The highest BCUT2D eigenvalue weighted by molar-refractivity contribution is 7.59. The van der Waals surface area contributed by atoms with Gasteiger partial charge in [-0.2, -0.15) is 27.0 Å². The molecule has 0 radical (unpaired) electrons. The van der Waals surface area contributed by atoms with Gasteiger partial charge in [-0.1, -0.05) is 25.3 Å². The smallest absolute Gasteiger partial charge is 0.407 e. The Morgan fingerprint density at radius 3 is 2.46 bits per heavy atom. The standard InChI is InChI=1S/C57H63FN6O19.2H2S/c1-3-57(77)36-20-40-46-34(23-64(40)52(72)35(36)25-80-55(57)75)45-38(13-12-32-28(2)37(58)21-39(63-46)44(32)45)62-43(67)26-78-18-15-30(65)22-61-56(76)81-24-29-11-14-41(82-54-49(70)47(68)48(69)50(83-54)53(73)74)33(19-29)51(71)60-17-16-59-42(66)27-79-31-9-7-5-4-6-8-10-31;;/h11,14,19-21,31,38,47-50,54,68-70,77H,3-7,9,12-13,15-18,22-27H2,1-2H3,(H,59,66)(H,60,71)(H,61,76)(H,62,67)(H,73,74);2*1H2/t31?,38-,47-,48-,49+,50-,54+,57-;;/m0../s1. The molecule has 9 rings (SSSR count). The number of pyridine rings is 2. The SMILES string of the molecule is CC[C@@]1(O)C(=O)OCc2c1cc1n(c2=O)Cc2c-1nc1cc(F)c(C)c3c1c2[C@@H](NC(=O)COCCC(=O)CNC(=O)OCc1ccc(O[C@@H]2O[C@H](C(=O)O)[C@@H](O)[C@H](O)[C@H]2O)c(C(=O)NCCNC(=O)COC2C#CCCCCC2)c1)CC3.S.S. The maximum absolute atomic E-state index is 15.4. The largest absolute Gasteiger partial charge is 0.479 e. The lowest BCUT2D eigenvalue weighted by Gasteiger charge is -2.38. The van der Waals surface area contributed by atoms with Gasteiger partial charge in [-0.05, 0) is 85.9 Å². The average Bonchev–Trinajstić information content (AvgIpc) is 1.71. The van der Waals surface area contributed by atoms with E-state index in [4.69, 9.17) is 33.4 Å². The van der Waals surface area contributed by atoms with E-state index < -0.39 is 115 Å². The molecule has 1 unspecified atom stereocenters. The van der Waals surface area contributed by atoms with Gasteiger partial charge in [-0.15, -0.1) is 5.92 Å². The van der Waals surface area contributed by atoms with Crippen molar-refractivity contribution in [2.45, 2.75) is 140 Å². The molecule has 0 bridgehead atoms. The number of aliphatic hydroxyl groups is 4. The van der Waals surface area contributed by atoms with Crippen molar-refractivity contribution in [1.82, 2.24) is 30.8 Å². The number of aryl methyl sites for hydroxylation is 1. The van der Waals surface area contributed by atoms with Crippen LogP contribution in [-0.4, -0.2) is 153 Å². The van der Waals surface area contributed by atoms with Crippen molar-refractivity contribution < 1.29 is 91.9 Å². The molecule has 8 atom stereocenters. The number of esters is 1. The second-order valence-corrected chi connectivity index (χ2v) is 20.8. The number of amides is 4. The topological polar surface area (TPSA) is 359 Å². The van der Waals surface area contributed by atoms with Gasteiger partial charge in [0.2, 0.25) is 18.1 Å². The fourth-order valence-electron chi connectivity index (χ4n) is 10.8. The molecule has 1 fully saturated rings. The molecule has 4 amide bonds. The van der Waals surface area contributed by atoms with E-state index in [9.17, 15) is 63.9 Å². The lowest BCUT2D eigenvalue weighted by atomic mass is 9.81. The Bertz CT molecular complexity index is 3390. The van der Waals surface area contributed by atoms with Gasteiger partial charge in [0.25, 0.3) is 11.5 Å². The van der Waals surface area contributed by atoms with Gasteiger partial charge in [0.05, 0.1) is 53.8 Å². The van der Waals surface area contributed by atoms with Gasteiger partial charge in [0.1, 0.15) is 62.4 Å². The number of aliphatic hydroxyl groups excluding tert-OH is 3. The maximum Gasteiger partial charge on any atom is 0.407 e. The minimum absolute atomic E-state index is 0. The minimum atomic E-state index is -2.06. The Balaban J connectivity index is 0.00000518. The first-order valence-corrected chi connectivity index (χ1v) is 27.3. The predicted molar refractivity (Wildman–Crippen MR) is 305 cm³/mol. The Morgan fingerprint density at radius 1 is 0.918 bits per heavy atom. The lowest BCUT2D eigenvalue weighted by Crippen LogP contribution is -2.61. The fourth-order valence-corrected chi connectivity index (χ4v) is 10.8. The number of halogens is 1. The molecule has 5 heterocycles. The van der Waals surface area contributed by atoms with Crippen molar-refractivity contribution in [3.05, 3.63) is 91.0 Å². The number of nitrogens with one attached hydrogen (secondary N) is 4. The van der Waals surface area contributed by atoms with Crippen LogP contribution in [0.4, 0.5) is 9.18 Å². The molecular formula is C57H67FN6O19S2. The van der Waals surface area contributed by atoms with Crippen molar-refractivity contribution in [1.29, 1.82) is 0 Å². The summed E-state index contributed by atoms with van der Waals surface area (Å²) < 4.78 is 49.5. The van der Waals surface area contributed by atoms with E-state index in [1.807, 2.05) is 0 Å². The number of hydrogen-bond acceptors (Lipinski definition) is 19. The van der Waals surface area contributed by atoms with Crippen molar-refractivity contribution in [3.63, 3.8) is 0 Å². The summed E-state index contributed by atoms with van der Waals surface area (Å²) in [4.78, 5) is 108. The third-order valence-corrected chi connectivity index (χ3v) is 15.3. The van der Waals surface area contributed by atoms with Crippen LogP contribution < -0.4 is 31.6 Å². The summed E-state index contributed by atoms with van der Waals surface area (Å²) in [5.41, 5.74) is 1.03. The average molecular weight is 1220 g/mol. The predicted octanol–water partition coefficient (Wildman–Crippen LogP) is 1.23. The summed E-state index contributed by atoms with van der Waals surface area (Å²) in [5, 5.41) is 63.2. The summed E-state index contributed by atoms with van der Waals surface area (Å²) in [6.45, 7) is 0.962. The number of alkyl carbamates (subject to hydrolysis) is 1. The van der Waals surface area contributed by atoms with Gasteiger partial charge in [0.15, 0.2) is 17.5 Å². The van der Waals surface area contributed by atoms with Gasteiger partial charge in [-0.25, -0.2) is 23.8 Å². The summed E-state index contributed by atoms with van der Waals surface area (Å²) >= 11 is 0. The summed E-state index contributed by atoms with van der Waals surface area (Å²) in [5.74, 6) is 0.478. The van der Waals surface area contributed by atoms with Crippen LogP contribution in [0.25, 0.3) is 22.3 Å². The highest BCUT2D eigenvalue weighted by atomic mass is 32.1. The highest BCUT2D eigenvalue weighted by Crippen LogP contribution is 2.46. The van der Waals surface area contributed by atoms with Crippen molar-refractivity contribution in [2.24, 2.45) is 0 Å². The number of carbonyl (C=O) groups excluding carboxylic acids is 6. The van der Waals surface area contributed by atoms with E-state index in [1.165, 1.54) is 28.8 Å². The number of nitrogens with zero attached hydrogens (tertiary/aromatic N) is 2. The highest BCUT2D eigenvalue weighted by Gasteiger charge is 2.49. The van der Waals surface area contributed by atoms with Crippen LogP contribution in [0.1, 0.15) is 114 Å². The fraction of sp³-hybridized carbons (Fsp3) is 0.491. The van der Waals surface area contributed by atoms with E-state index in [-0.39, 0.29) is 113 Å². The van der Waals surface area contributed by atoms with E-state index in [2.05, 4.69) is 33.1 Å². The van der Waals surface area contributed by atoms with Crippen LogP contribution in [0.3, 0.4) is 0 Å². The van der Waals surface area contributed by atoms with Gasteiger partial charge >= 0.3 is 18.0 Å². The zero-order chi connectivity index (χ0) is 59.3. The van der Waals surface area contributed by atoms with Crippen LogP contribution in [0.5, 0.6) is 5.75 Å². The van der Waals surface area contributed by atoms with E-state index >= 15 is 4.39 Å². The summed E-state index contributed by atoms with van der Waals surface area (Å²) in [6.07, 6.45) is -6.39. The molecule has 2 aliphatic carbocycles. The molecular weight excluding hydrogens is 1160 g/mol. The van der Waals surface area contributed by atoms with Crippen LogP contribution in [0.15, 0.2) is 35.1 Å². The number of carboxylic acids is 1. The zero-order valence-corrected chi connectivity index (χ0v) is 48.4. The number of carboxylic acid groups (broad SMARTS) is 1. The number of fused-ring (bicyclic) bond motifs is 5. The molecule has 2 aromatic heterocycles. The second kappa shape index (κ2) is 28.3. The van der Waals surface area contributed by atoms with E-state index in [0.29, 0.717) is 63.8 Å². The number of carbonyl (C=O) groups is 7. The van der Waals surface area contributed by atoms with Crippen molar-refractivity contribution in [2.75, 3.05) is 39.5 Å². The molecule has 85 heavy (non-hydrogen) atoms. The quantitative estimate of drug-likeness (QED) is 0.0283. The number of ether oxygens (including phenoxy) is 6. The summed E-state index contributed by atoms with van der Waals surface area (Å²) in [7, 11) is 0. The number of cyclic esters (lactones) is 1. The van der Waals surface area contributed by atoms with E-state index in [0.717, 1.165) is 25.7 Å². The zero-order valence-electron chi connectivity index (χ0n) is 46.4. The number of Topliss-reactive ketones (excluding diaryl/α,β-unsaturated/α-hetero) is 1. The maximum atomic E-state index is 15.4. The molecule has 5 aliphatic rings. The second-order valence-electron chi connectivity index (χ2n) is 20.8. The molecule has 25 nitrogen and oxygen atoms in total. The number of benzene rings is 2. The van der Waals surface area contributed by atoms with Crippen molar-refractivity contribution in [3.8, 4) is 29.0 Å². The monoisotopic (exact) mass is 1220 g/mol. The van der Waals surface area contributed by atoms with Gasteiger partial charge in [-0.3, -0.25) is 24.0 Å². The summed E-state index contributed by atoms with van der Waals surface area (Å²) in [6, 6.07) is 6.05.